The van der Waals surface area contributed by atoms with Gasteiger partial charge in [0.15, 0.2) is 0 Å². The SMILES string of the molecule is CCCc1nc2ccccc2c(CCC)c1C#N. The first-order chi connectivity index (χ1) is 8.81. The lowest BCUT2D eigenvalue weighted by Gasteiger charge is -2.11. The van der Waals surface area contributed by atoms with Gasteiger partial charge >= 0.3 is 0 Å². The zero-order valence-electron chi connectivity index (χ0n) is 11.0. The van der Waals surface area contributed by atoms with Crippen LogP contribution in [0, 0.1) is 11.3 Å². The van der Waals surface area contributed by atoms with Crippen molar-refractivity contribution in [3.05, 3.63) is 41.1 Å². The molecule has 0 aliphatic carbocycles. The van der Waals surface area contributed by atoms with Crippen LogP contribution in [0.3, 0.4) is 0 Å². The Morgan fingerprint density at radius 2 is 1.83 bits per heavy atom. The van der Waals surface area contributed by atoms with Gasteiger partial charge in [-0.05, 0) is 24.5 Å². The van der Waals surface area contributed by atoms with E-state index in [0.29, 0.717) is 0 Å². The van der Waals surface area contributed by atoms with Crippen LogP contribution in [-0.4, -0.2) is 4.98 Å². The normalized spacial score (nSPS) is 10.5. The highest BCUT2D eigenvalue weighted by atomic mass is 14.7. The number of para-hydroxylation sites is 1. The third-order valence-electron chi connectivity index (χ3n) is 3.17. The Labute approximate surface area is 108 Å². The van der Waals surface area contributed by atoms with Gasteiger partial charge < -0.3 is 0 Å². The van der Waals surface area contributed by atoms with E-state index in [1.807, 2.05) is 18.2 Å². The minimum absolute atomic E-state index is 0.803. The van der Waals surface area contributed by atoms with E-state index in [1.54, 1.807) is 0 Å². The molecular weight excluding hydrogens is 220 g/mol. The molecule has 0 amide bonds. The van der Waals surface area contributed by atoms with Gasteiger partial charge in [-0.1, -0.05) is 44.9 Å². The molecule has 2 nitrogen and oxygen atoms in total. The van der Waals surface area contributed by atoms with Crippen LogP contribution in [0.2, 0.25) is 0 Å². The molecule has 0 saturated heterocycles. The number of fused-ring (bicyclic) bond motifs is 1. The maximum Gasteiger partial charge on any atom is 0.101 e. The van der Waals surface area contributed by atoms with Crippen LogP contribution in [0.15, 0.2) is 24.3 Å². The summed E-state index contributed by atoms with van der Waals surface area (Å²) in [6, 6.07) is 10.5. The monoisotopic (exact) mass is 238 g/mol. The van der Waals surface area contributed by atoms with Crippen molar-refractivity contribution in [3.63, 3.8) is 0 Å². The molecule has 1 aromatic carbocycles. The van der Waals surface area contributed by atoms with E-state index in [9.17, 15) is 5.26 Å². The van der Waals surface area contributed by atoms with E-state index in [4.69, 9.17) is 0 Å². The van der Waals surface area contributed by atoms with Crippen LogP contribution in [0.4, 0.5) is 0 Å². The third kappa shape index (κ3) is 2.22. The Balaban J connectivity index is 2.75. The number of benzene rings is 1. The Bertz CT molecular complexity index is 594. The van der Waals surface area contributed by atoms with Gasteiger partial charge in [0, 0.05) is 5.39 Å². The summed E-state index contributed by atoms with van der Waals surface area (Å²) in [7, 11) is 0. The minimum Gasteiger partial charge on any atom is -0.251 e. The molecule has 2 heteroatoms. The average Bonchev–Trinajstić information content (AvgIpc) is 2.39. The van der Waals surface area contributed by atoms with Crippen LogP contribution < -0.4 is 0 Å². The number of pyridine rings is 1. The molecule has 0 aliphatic heterocycles. The molecule has 2 aromatic rings. The highest BCUT2D eigenvalue weighted by Gasteiger charge is 2.13. The summed E-state index contributed by atoms with van der Waals surface area (Å²) in [5.41, 5.74) is 3.96. The Morgan fingerprint density at radius 3 is 2.50 bits per heavy atom. The first kappa shape index (κ1) is 12.6. The van der Waals surface area contributed by atoms with E-state index < -0.39 is 0 Å². The van der Waals surface area contributed by atoms with Crippen molar-refractivity contribution in [2.75, 3.05) is 0 Å². The zero-order chi connectivity index (χ0) is 13.0. The molecule has 2 rings (SSSR count). The van der Waals surface area contributed by atoms with Crippen LogP contribution in [-0.2, 0) is 12.8 Å². The van der Waals surface area contributed by atoms with Gasteiger partial charge in [-0.25, -0.2) is 0 Å². The summed E-state index contributed by atoms with van der Waals surface area (Å²) < 4.78 is 0. The first-order valence-electron chi connectivity index (χ1n) is 6.62. The number of hydrogen-bond acceptors (Lipinski definition) is 2. The van der Waals surface area contributed by atoms with Crippen molar-refractivity contribution in [1.29, 1.82) is 5.26 Å². The molecule has 0 unspecified atom stereocenters. The quantitative estimate of drug-likeness (QED) is 0.806. The Hall–Kier alpha value is -1.88. The summed E-state index contributed by atoms with van der Waals surface area (Å²) in [5, 5.41) is 10.6. The topological polar surface area (TPSA) is 36.7 Å². The van der Waals surface area contributed by atoms with Crippen molar-refractivity contribution in [2.45, 2.75) is 39.5 Å². The summed E-state index contributed by atoms with van der Waals surface area (Å²) in [4.78, 5) is 4.66. The number of nitriles is 1. The largest absolute Gasteiger partial charge is 0.251 e. The van der Waals surface area contributed by atoms with Crippen LogP contribution in [0.1, 0.15) is 43.5 Å². The molecule has 1 heterocycles. The molecule has 0 N–H and O–H groups in total. The lowest BCUT2D eigenvalue weighted by atomic mass is 9.96. The van der Waals surface area contributed by atoms with Crippen LogP contribution in [0.5, 0.6) is 0 Å². The second kappa shape index (κ2) is 5.64. The van der Waals surface area contributed by atoms with Crippen molar-refractivity contribution in [2.24, 2.45) is 0 Å². The van der Waals surface area contributed by atoms with Gasteiger partial charge in [0.25, 0.3) is 0 Å². The third-order valence-corrected chi connectivity index (χ3v) is 3.17. The van der Waals surface area contributed by atoms with Crippen LogP contribution in [0.25, 0.3) is 10.9 Å². The number of rotatable bonds is 4. The molecule has 0 radical (unpaired) electrons. The van der Waals surface area contributed by atoms with Gasteiger partial charge in [-0.2, -0.15) is 5.26 Å². The fourth-order valence-electron chi connectivity index (χ4n) is 2.40. The van der Waals surface area contributed by atoms with E-state index in [-0.39, 0.29) is 0 Å². The summed E-state index contributed by atoms with van der Waals surface area (Å²) in [5.74, 6) is 0. The molecule has 92 valence electrons. The van der Waals surface area contributed by atoms with Crippen LogP contribution >= 0.6 is 0 Å². The number of aryl methyl sites for hydroxylation is 2. The van der Waals surface area contributed by atoms with Crippen molar-refractivity contribution >= 4 is 10.9 Å². The Morgan fingerprint density at radius 1 is 1.11 bits per heavy atom. The highest BCUT2D eigenvalue weighted by Crippen LogP contribution is 2.25. The summed E-state index contributed by atoms with van der Waals surface area (Å²) >= 11 is 0. The first-order valence-corrected chi connectivity index (χ1v) is 6.62. The van der Waals surface area contributed by atoms with Gasteiger partial charge in [0.05, 0.1) is 16.8 Å². The number of aromatic nitrogens is 1. The van der Waals surface area contributed by atoms with Crippen molar-refractivity contribution in [1.82, 2.24) is 4.98 Å². The fraction of sp³-hybridized carbons (Fsp3) is 0.375. The predicted molar refractivity (Wildman–Crippen MR) is 74.4 cm³/mol. The molecule has 0 atom stereocenters. The van der Waals surface area contributed by atoms with Gasteiger partial charge in [0.2, 0.25) is 0 Å². The summed E-state index contributed by atoms with van der Waals surface area (Å²) in [6.45, 7) is 4.27. The molecule has 18 heavy (non-hydrogen) atoms. The lowest BCUT2D eigenvalue weighted by Crippen LogP contribution is -2.02. The fourth-order valence-corrected chi connectivity index (χ4v) is 2.40. The molecule has 0 spiro atoms. The molecular formula is C16H18N2. The van der Waals surface area contributed by atoms with Crippen molar-refractivity contribution < 1.29 is 0 Å². The standard InChI is InChI=1S/C16H18N2/c1-3-7-12-13-9-5-6-10-16(13)18-15(8-4-2)14(12)11-17/h5-6,9-10H,3-4,7-8H2,1-2H3. The predicted octanol–water partition coefficient (Wildman–Crippen LogP) is 4.01. The van der Waals surface area contributed by atoms with Crippen molar-refractivity contribution in [3.8, 4) is 6.07 Å². The van der Waals surface area contributed by atoms with E-state index >= 15 is 0 Å². The average molecular weight is 238 g/mol. The maximum atomic E-state index is 9.42. The van der Waals surface area contributed by atoms with Gasteiger partial charge in [0.1, 0.15) is 6.07 Å². The second-order valence-corrected chi connectivity index (χ2v) is 4.54. The molecule has 0 aliphatic rings. The zero-order valence-corrected chi connectivity index (χ0v) is 11.0. The molecule has 0 bridgehead atoms. The second-order valence-electron chi connectivity index (χ2n) is 4.54. The number of nitrogens with zero attached hydrogens (tertiary/aromatic N) is 2. The van der Waals surface area contributed by atoms with Gasteiger partial charge in [-0.15, -0.1) is 0 Å². The van der Waals surface area contributed by atoms with E-state index in [1.165, 1.54) is 5.56 Å². The Kier molecular flexibility index (Phi) is 3.94. The van der Waals surface area contributed by atoms with E-state index in [0.717, 1.165) is 47.8 Å². The van der Waals surface area contributed by atoms with E-state index in [2.05, 4.69) is 31.0 Å². The molecule has 1 aromatic heterocycles. The maximum absolute atomic E-state index is 9.42. The smallest absolute Gasteiger partial charge is 0.101 e. The summed E-state index contributed by atoms with van der Waals surface area (Å²) in [6.07, 6.45) is 3.90. The van der Waals surface area contributed by atoms with Gasteiger partial charge in [-0.3, -0.25) is 4.98 Å². The number of hydrogen-bond donors (Lipinski definition) is 0. The molecule has 0 saturated carbocycles. The minimum atomic E-state index is 0.803. The highest BCUT2D eigenvalue weighted by molar-refractivity contribution is 5.84. The molecule has 0 fully saturated rings. The lowest BCUT2D eigenvalue weighted by molar-refractivity contribution is 0.868.